The second-order valence-electron chi connectivity index (χ2n) is 4.30. The van der Waals surface area contributed by atoms with Gasteiger partial charge in [-0.3, -0.25) is 0 Å². The van der Waals surface area contributed by atoms with Gasteiger partial charge in [-0.1, -0.05) is 0 Å². The molecule has 1 aliphatic rings. The van der Waals surface area contributed by atoms with Gasteiger partial charge in [0.05, 0.1) is 6.10 Å². The summed E-state index contributed by atoms with van der Waals surface area (Å²) in [4.78, 5) is 11.0. The van der Waals surface area contributed by atoms with Crippen molar-refractivity contribution in [3.63, 3.8) is 0 Å². The summed E-state index contributed by atoms with van der Waals surface area (Å²) >= 11 is 0. The molecule has 2 rings (SSSR count). The van der Waals surface area contributed by atoms with Gasteiger partial charge >= 0.3 is 0 Å². The lowest BCUT2D eigenvalue weighted by molar-refractivity contribution is 0.121. The van der Waals surface area contributed by atoms with Crippen LogP contribution in [0.5, 0.6) is 0 Å². The van der Waals surface area contributed by atoms with Gasteiger partial charge < -0.3 is 15.1 Å². The molecule has 6 heteroatoms. The van der Waals surface area contributed by atoms with Gasteiger partial charge in [0.2, 0.25) is 0 Å². The Kier molecular flexibility index (Phi) is 3.44. The zero-order valence-corrected chi connectivity index (χ0v) is 10.5. The fourth-order valence-electron chi connectivity index (χ4n) is 2.18. The van der Waals surface area contributed by atoms with Crippen molar-refractivity contribution in [2.24, 2.45) is 5.84 Å². The van der Waals surface area contributed by atoms with E-state index in [-0.39, 0.29) is 0 Å². The van der Waals surface area contributed by atoms with E-state index in [1.54, 1.807) is 7.11 Å². The molecule has 0 amide bonds. The predicted octanol–water partition coefficient (Wildman–Crippen LogP) is 0.604. The smallest absolute Gasteiger partial charge is 0.148 e. The number of hydrogen-bond donors (Lipinski definition) is 2. The summed E-state index contributed by atoms with van der Waals surface area (Å²) in [7, 11) is 1.75. The van der Waals surface area contributed by atoms with E-state index in [4.69, 9.17) is 10.6 Å². The number of rotatable bonds is 3. The van der Waals surface area contributed by atoms with Crippen molar-refractivity contribution in [2.75, 3.05) is 30.5 Å². The number of aromatic nitrogens is 2. The first-order valence-electron chi connectivity index (χ1n) is 5.75. The monoisotopic (exact) mass is 237 g/mol. The minimum absolute atomic E-state index is 0.291. The lowest BCUT2D eigenvalue weighted by Crippen LogP contribution is -2.25. The van der Waals surface area contributed by atoms with Gasteiger partial charge in [0.1, 0.15) is 17.5 Å². The number of methoxy groups -OCH3 is 1. The van der Waals surface area contributed by atoms with Crippen LogP contribution in [0.3, 0.4) is 0 Å². The average molecular weight is 237 g/mol. The summed E-state index contributed by atoms with van der Waals surface area (Å²) in [5, 5.41) is 0. The number of ether oxygens (including phenoxy) is 1. The SMILES string of the molecule is COC1CCN(c2nc(C)nc(NN)c2C)C1. The molecule has 0 saturated carbocycles. The van der Waals surface area contributed by atoms with Crippen LogP contribution in [0.1, 0.15) is 17.8 Å². The molecule has 1 aromatic rings. The molecule has 3 N–H and O–H groups in total. The van der Waals surface area contributed by atoms with Gasteiger partial charge in [-0.05, 0) is 20.3 Å². The van der Waals surface area contributed by atoms with E-state index in [1.165, 1.54) is 0 Å². The highest BCUT2D eigenvalue weighted by atomic mass is 16.5. The molecule has 1 unspecified atom stereocenters. The second-order valence-corrected chi connectivity index (χ2v) is 4.30. The van der Waals surface area contributed by atoms with E-state index in [0.29, 0.717) is 11.9 Å². The molecular weight excluding hydrogens is 218 g/mol. The zero-order valence-electron chi connectivity index (χ0n) is 10.5. The maximum atomic E-state index is 5.46. The molecule has 1 atom stereocenters. The summed E-state index contributed by atoms with van der Waals surface area (Å²) < 4.78 is 5.36. The highest BCUT2D eigenvalue weighted by Gasteiger charge is 2.25. The maximum Gasteiger partial charge on any atom is 0.148 e. The van der Waals surface area contributed by atoms with Crippen molar-refractivity contribution in [2.45, 2.75) is 26.4 Å². The lowest BCUT2D eigenvalue weighted by Gasteiger charge is -2.21. The fraction of sp³-hybridized carbons (Fsp3) is 0.636. The minimum atomic E-state index is 0.291. The van der Waals surface area contributed by atoms with Crippen LogP contribution < -0.4 is 16.2 Å². The van der Waals surface area contributed by atoms with Gasteiger partial charge in [-0.2, -0.15) is 0 Å². The van der Waals surface area contributed by atoms with E-state index in [0.717, 1.165) is 36.7 Å². The largest absolute Gasteiger partial charge is 0.380 e. The average Bonchev–Trinajstić information content (AvgIpc) is 2.80. The number of hydrogen-bond acceptors (Lipinski definition) is 6. The van der Waals surface area contributed by atoms with Crippen LogP contribution in [-0.2, 0) is 4.74 Å². The van der Waals surface area contributed by atoms with E-state index in [9.17, 15) is 0 Å². The van der Waals surface area contributed by atoms with Gasteiger partial charge in [0, 0.05) is 25.8 Å². The van der Waals surface area contributed by atoms with Crippen molar-refractivity contribution < 1.29 is 4.74 Å². The Morgan fingerprint density at radius 3 is 2.76 bits per heavy atom. The molecular formula is C11H19N5O. The molecule has 2 heterocycles. The highest BCUT2D eigenvalue weighted by molar-refractivity contribution is 5.58. The van der Waals surface area contributed by atoms with E-state index < -0.39 is 0 Å². The van der Waals surface area contributed by atoms with Gasteiger partial charge in [-0.15, -0.1) is 0 Å². The Labute approximate surface area is 101 Å². The molecule has 17 heavy (non-hydrogen) atoms. The Morgan fingerprint density at radius 1 is 1.41 bits per heavy atom. The van der Waals surface area contributed by atoms with Crippen LogP contribution in [0.4, 0.5) is 11.6 Å². The molecule has 1 fully saturated rings. The summed E-state index contributed by atoms with van der Waals surface area (Å²) in [5.74, 6) is 7.82. The van der Waals surface area contributed by atoms with Crippen molar-refractivity contribution >= 4 is 11.6 Å². The quantitative estimate of drug-likeness (QED) is 0.592. The Balaban J connectivity index is 2.29. The lowest BCUT2D eigenvalue weighted by atomic mass is 10.3. The fourth-order valence-corrected chi connectivity index (χ4v) is 2.18. The number of nitrogens with zero attached hydrogens (tertiary/aromatic N) is 3. The number of nitrogens with two attached hydrogens (primary N) is 1. The molecule has 0 aromatic carbocycles. The van der Waals surface area contributed by atoms with Crippen LogP contribution >= 0.6 is 0 Å². The Hall–Kier alpha value is -1.40. The van der Waals surface area contributed by atoms with Crippen molar-refractivity contribution in [1.29, 1.82) is 0 Å². The number of aryl methyl sites for hydroxylation is 1. The number of hydrazine groups is 1. The molecule has 94 valence electrons. The molecule has 1 aromatic heterocycles. The van der Waals surface area contributed by atoms with Crippen LogP contribution in [0, 0.1) is 13.8 Å². The van der Waals surface area contributed by atoms with Gasteiger partial charge in [-0.25, -0.2) is 15.8 Å². The third kappa shape index (κ3) is 2.32. The maximum absolute atomic E-state index is 5.46. The molecule has 6 nitrogen and oxygen atoms in total. The predicted molar refractivity (Wildman–Crippen MR) is 66.9 cm³/mol. The third-order valence-electron chi connectivity index (χ3n) is 3.15. The zero-order chi connectivity index (χ0) is 12.4. The van der Waals surface area contributed by atoms with Crippen molar-refractivity contribution in [3.8, 4) is 0 Å². The number of anilines is 2. The normalized spacial score (nSPS) is 19.8. The molecule has 0 aliphatic carbocycles. The molecule has 0 radical (unpaired) electrons. The summed E-state index contributed by atoms with van der Waals surface area (Å²) in [5.41, 5.74) is 3.60. The Bertz CT molecular complexity index is 409. The third-order valence-corrected chi connectivity index (χ3v) is 3.15. The van der Waals surface area contributed by atoms with Crippen LogP contribution in [0.25, 0.3) is 0 Å². The second kappa shape index (κ2) is 4.85. The first-order valence-corrected chi connectivity index (χ1v) is 5.75. The van der Waals surface area contributed by atoms with Gasteiger partial charge in [0.15, 0.2) is 0 Å². The summed E-state index contributed by atoms with van der Waals surface area (Å²) in [6, 6.07) is 0. The highest BCUT2D eigenvalue weighted by Crippen LogP contribution is 2.26. The van der Waals surface area contributed by atoms with E-state index in [1.807, 2.05) is 13.8 Å². The molecule has 0 bridgehead atoms. The number of nitrogens with one attached hydrogen (secondary N) is 1. The van der Waals surface area contributed by atoms with Crippen LogP contribution in [0.15, 0.2) is 0 Å². The van der Waals surface area contributed by atoms with E-state index >= 15 is 0 Å². The van der Waals surface area contributed by atoms with Crippen molar-refractivity contribution in [1.82, 2.24) is 9.97 Å². The molecule has 1 saturated heterocycles. The van der Waals surface area contributed by atoms with E-state index in [2.05, 4.69) is 20.3 Å². The first kappa shape index (κ1) is 12.1. The van der Waals surface area contributed by atoms with Crippen LogP contribution in [-0.4, -0.2) is 36.3 Å². The standard InChI is InChI=1S/C11H19N5O/c1-7-10(15-12)13-8(2)14-11(7)16-5-4-9(6-16)17-3/h9H,4-6,12H2,1-3H3,(H,13,14,15). The molecule has 1 aliphatic heterocycles. The minimum Gasteiger partial charge on any atom is -0.380 e. The van der Waals surface area contributed by atoms with Gasteiger partial charge in [0.25, 0.3) is 0 Å². The van der Waals surface area contributed by atoms with Crippen LogP contribution in [0.2, 0.25) is 0 Å². The number of nitrogen functional groups attached to an aromatic ring is 1. The van der Waals surface area contributed by atoms with Crippen molar-refractivity contribution in [3.05, 3.63) is 11.4 Å². The molecule has 0 spiro atoms. The topological polar surface area (TPSA) is 76.3 Å². The summed E-state index contributed by atoms with van der Waals surface area (Å²) in [6.07, 6.45) is 1.32. The Morgan fingerprint density at radius 2 is 2.18 bits per heavy atom. The summed E-state index contributed by atoms with van der Waals surface area (Å²) in [6.45, 7) is 5.68. The first-order chi connectivity index (χ1) is 8.15.